The number of ether oxygens (including phenoxy) is 1. The van der Waals surface area contributed by atoms with Crippen LogP contribution in [0.15, 0.2) is 52.3 Å². The van der Waals surface area contributed by atoms with Gasteiger partial charge in [0.05, 0.1) is 17.2 Å². The maximum atomic E-state index is 13.4. The number of rotatable bonds is 7. The van der Waals surface area contributed by atoms with Gasteiger partial charge in [0, 0.05) is 12.3 Å². The second kappa shape index (κ2) is 7.38. The number of sulfone groups is 1. The largest absolute Gasteiger partial charge is 0.489 e. The molecule has 0 fully saturated rings. The van der Waals surface area contributed by atoms with Gasteiger partial charge in [-0.25, -0.2) is 21.2 Å². The van der Waals surface area contributed by atoms with E-state index < -0.39 is 30.6 Å². The van der Waals surface area contributed by atoms with E-state index in [0.29, 0.717) is 0 Å². The standard InChI is InChI=1S/C15H16FNO6S2/c1-24(19,20)14-4-2-3-5-15(14)25(21,22)17-12-7-6-11(16)10-13(12)23-9-8-18/h2-7,10,17-18H,8-9H2,1H3. The first kappa shape index (κ1) is 19.2. The van der Waals surface area contributed by atoms with E-state index in [1.165, 1.54) is 18.2 Å². The van der Waals surface area contributed by atoms with E-state index in [1.807, 2.05) is 0 Å². The van der Waals surface area contributed by atoms with Crippen LogP contribution in [-0.2, 0) is 19.9 Å². The van der Waals surface area contributed by atoms with E-state index in [-0.39, 0.29) is 29.5 Å². The molecule has 0 aliphatic rings. The van der Waals surface area contributed by atoms with E-state index in [0.717, 1.165) is 30.5 Å². The van der Waals surface area contributed by atoms with Gasteiger partial charge in [-0.05, 0) is 24.3 Å². The van der Waals surface area contributed by atoms with Crippen molar-refractivity contribution in [3.63, 3.8) is 0 Å². The van der Waals surface area contributed by atoms with Gasteiger partial charge in [-0.1, -0.05) is 12.1 Å². The van der Waals surface area contributed by atoms with Gasteiger partial charge in [0.2, 0.25) is 0 Å². The third-order valence-electron chi connectivity index (χ3n) is 3.07. The molecule has 0 bridgehead atoms. The summed E-state index contributed by atoms with van der Waals surface area (Å²) in [4.78, 5) is -0.794. The molecule has 136 valence electrons. The number of sulfonamides is 1. The summed E-state index contributed by atoms with van der Waals surface area (Å²) in [6.07, 6.45) is 0.898. The van der Waals surface area contributed by atoms with Crippen molar-refractivity contribution in [2.75, 3.05) is 24.2 Å². The second-order valence-electron chi connectivity index (χ2n) is 5.04. The molecule has 0 aliphatic carbocycles. The highest BCUT2D eigenvalue weighted by molar-refractivity contribution is 7.95. The Kier molecular flexibility index (Phi) is 5.65. The normalized spacial score (nSPS) is 12.0. The SMILES string of the molecule is CS(=O)(=O)c1ccccc1S(=O)(=O)Nc1ccc(F)cc1OCCO. The first-order valence-electron chi connectivity index (χ1n) is 7.00. The van der Waals surface area contributed by atoms with Crippen molar-refractivity contribution >= 4 is 25.5 Å². The molecule has 0 saturated heterocycles. The van der Waals surface area contributed by atoms with Gasteiger partial charge in [0.15, 0.2) is 9.84 Å². The van der Waals surface area contributed by atoms with E-state index >= 15 is 0 Å². The molecule has 10 heteroatoms. The minimum absolute atomic E-state index is 0.0850. The molecule has 0 aromatic heterocycles. The van der Waals surface area contributed by atoms with Gasteiger partial charge in [0.1, 0.15) is 23.1 Å². The summed E-state index contributed by atoms with van der Waals surface area (Å²) in [6, 6.07) is 8.24. The zero-order chi connectivity index (χ0) is 18.7. The third kappa shape index (κ3) is 4.68. The Balaban J connectivity index is 2.48. The van der Waals surface area contributed by atoms with Gasteiger partial charge in [-0.15, -0.1) is 0 Å². The fourth-order valence-electron chi connectivity index (χ4n) is 2.03. The van der Waals surface area contributed by atoms with E-state index in [2.05, 4.69) is 4.72 Å². The second-order valence-corrected chi connectivity index (χ2v) is 8.67. The van der Waals surface area contributed by atoms with Crippen molar-refractivity contribution < 1.29 is 31.1 Å². The molecule has 0 aliphatic heterocycles. The van der Waals surface area contributed by atoms with Gasteiger partial charge < -0.3 is 9.84 Å². The lowest BCUT2D eigenvalue weighted by Crippen LogP contribution is -2.17. The third-order valence-corrected chi connectivity index (χ3v) is 5.78. The first-order valence-corrected chi connectivity index (χ1v) is 10.4. The first-order chi connectivity index (χ1) is 11.6. The molecule has 2 aromatic carbocycles. The maximum Gasteiger partial charge on any atom is 0.263 e. The molecule has 0 saturated carbocycles. The lowest BCUT2D eigenvalue weighted by Gasteiger charge is -2.14. The smallest absolute Gasteiger partial charge is 0.263 e. The Labute approximate surface area is 145 Å². The highest BCUT2D eigenvalue weighted by atomic mass is 32.2. The lowest BCUT2D eigenvalue weighted by molar-refractivity contribution is 0.201. The highest BCUT2D eigenvalue weighted by Gasteiger charge is 2.24. The van der Waals surface area contributed by atoms with Crippen molar-refractivity contribution in [2.45, 2.75) is 9.79 Å². The molecule has 0 atom stereocenters. The molecule has 7 nitrogen and oxygen atoms in total. The summed E-state index contributed by atoms with van der Waals surface area (Å²) in [6.45, 7) is -0.516. The van der Waals surface area contributed by atoms with Crippen LogP contribution in [0.25, 0.3) is 0 Å². The van der Waals surface area contributed by atoms with Crippen molar-refractivity contribution in [1.29, 1.82) is 0 Å². The van der Waals surface area contributed by atoms with Crippen LogP contribution >= 0.6 is 0 Å². The van der Waals surface area contributed by atoms with Crippen molar-refractivity contribution in [3.05, 3.63) is 48.3 Å². The molecule has 0 amide bonds. The van der Waals surface area contributed by atoms with Gasteiger partial charge in [0.25, 0.3) is 10.0 Å². The maximum absolute atomic E-state index is 13.4. The Bertz CT molecular complexity index is 973. The summed E-state index contributed by atoms with van der Waals surface area (Å²) < 4.78 is 69.5. The zero-order valence-corrected chi connectivity index (χ0v) is 14.8. The monoisotopic (exact) mass is 389 g/mol. The molecule has 0 unspecified atom stereocenters. The summed E-state index contributed by atoms with van der Waals surface area (Å²) in [5.74, 6) is -0.790. The van der Waals surface area contributed by atoms with Crippen LogP contribution in [0.3, 0.4) is 0 Å². The molecular formula is C15H16FNO6S2. The fraction of sp³-hybridized carbons (Fsp3) is 0.200. The summed E-state index contributed by atoms with van der Waals surface area (Å²) in [7, 11) is -8.07. The highest BCUT2D eigenvalue weighted by Crippen LogP contribution is 2.29. The quantitative estimate of drug-likeness (QED) is 0.741. The predicted molar refractivity (Wildman–Crippen MR) is 89.3 cm³/mol. The molecule has 2 aromatic rings. The minimum Gasteiger partial charge on any atom is -0.489 e. The number of aliphatic hydroxyl groups is 1. The Morgan fingerprint density at radius 3 is 2.32 bits per heavy atom. The number of anilines is 1. The van der Waals surface area contributed by atoms with Crippen LogP contribution in [0.4, 0.5) is 10.1 Å². The number of benzene rings is 2. The van der Waals surface area contributed by atoms with Crippen LogP contribution in [0.1, 0.15) is 0 Å². The number of aliphatic hydroxyl groups excluding tert-OH is 1. The van der Waals surface area contributed by atoms with Gasteiger partial charge >= 0.3 is 0 Å². The molecule has 2 N–H and O–H groups in total. The lowest BCUT2D eigenvalue weighted by atomic mass is 10.3. The van der Waals surface area contributed by atoms with Crippen LogP contribution in [0.2, 0.25) is 0 Å². The minimum atomic E-state index is -4.28. The van der Waals surface area contributed by atoms with E-state index in [1.54, 1.807) is 0 Å². The number of hydrogen-bond acceptors (Lipinski definition) is 6. The number of halogens is 1. The Morgan fingerprint density at radius 1 is 1.08 bits per heavy atom. The zero-order valence-electron chi connectivity index (χ0n) is 13.1. The topological polar surface area (TPSA) is 110 Å². The molecule has 25 heavy (non-hydrogen) atoms. The van der Waals surface area contributed by atoms with Crippen molar-refractivity contribution in [1.82, 2.24) is 0 Å². The predicted octanol–water partition coefficient (Wildman–Crippen LogP) is 1.40. The number of hydrogen-bond donors (Lipinski definition) is 2. The Hall–Kier alpha value is -2.17. The number of nitrogens with one attached hydrogen (secondary N) is 1. The molecule has 0 radical (unpaired) electrons. The summed E-state index contributed by atoms with van der Waals surface area (Å²) in [5, 5.41) is 8.80. The molecule has 2 rings (SSSR count). The average molecular weight is 389 g/mol. The molecular weight excluding hydrogens is 373 g/mol. The van der Waals surface area contributed by atoms with Crippen LogP contribution < -0.4 is 9.46 Å². The Morgan fingerprint density at radius 2 is 1.72 bits per heavy atom. The van der Waals surface area contributed by atoms with E-state index in [9.17, 15) is 21.2 Å². The average Bonchev–Trinajstić information content (AvgIpc) is 2.54. The fourth-order valence-corrected chi connectivity index (χ4v) is 4.73. The molecule has 0 heterocycles. The molecule has 0 spiro atoms. The van der Waals surface area contributed by atoms with Gasteiger partial charge in [-0.3, -0.25) is 4.72 Å². The van der Waals surface area contributed by atoms with E-state index in [4.69, 9.17) is 9.84 Å². The summed E-state index contributed by atoms with van der Waals surface area (Å²) >= 11 is 0. The van der Waals surface area contributed by atoms with Crippen molar-refractivity contribution in [2.24, 2.45) is 0 Å². The van der Waals surface area contributed by atoms with Crippen LogP contribution in [0.5, 0.6) is 5.75 Å². The van der Waals surface area contributed by atoms with Crippen LogP contribution in [0, 0.1) is 5.82 Å². The van der Waals surface area contributed by atoms with Crippen molar-refractivity contribution in [3.8, 4) is 5.75 Å². The van der Waals surface area contributed by atoms with Gasteiger partial charge in [-0.2, -0.15) is 0 Å². The summed E-state index contributed by atoms with van der Waals surface area (Å²) in [5.41, 5.74) is -0.0850. The van der Waals surface area contributed by atoms with Crippen LogP contribution in [-0.4, -0.2) is 41.4 Å².